The fourth-order valence-electron chi connectivity index (χ4n) is 2.69. The fraction of sp³-hybridized carbons (Fsp3) is 0.533. The van der Waals surface area contributed by atoms with Gasteiger partial charge in [0.15, 0.2) is 0 Å². The van der Waals surface area contributed by atoms with Crippen LogP contribution in [0.4, 0.5) is 5.69 Å². The van der Waals surface area contributed by atoms with Crippen LogP contribution in [0.15, 0.2) is 18.2 Å². The summed E-state index contributed by atoms with van der Waals surface area (Å²) in [6, 6.07) is 5.56. The summed E-state index contributed by atoms with van der Waals surface area (Å²) in [5.74, 6) is 0.0503. The number of nitrogens with zero attached hydrogens (tertiary/aromatic N) is 1. The molecule has 1 heterocycles. The van der Waals surface area contributed by atoms with E-state index in [0.717, 1.165) is 37.2 Å². The third-order valence-electron chi connectivity index (χ3n) is 4.16. The van der Waals surface area contributed by atoms with Crippen molar-refractivity contribution in [3.63, 3.8) is 0 Å². The summed E-state index contributed by atoms with van der Waals surface area (Å²) in [5, 5.41) is 6.99. The van der Waals surface area contributed by atoms with E-state index >= 15 is 0 Å². The molecule has 5 heteroatoms. The van der Waals surface area contributed by atoms with E-state index in [1.165, 1.54) is 0 Å². The Balaban J connectivity index is 2.22. The number of carbonyl (C=O) groups excluding carboxylic acids is 1. The molecular weight excluding hydrogens is 274 g/mol. The van der Waals surface area contributed by atoms with Crippen LogP contribution < -0.4 is 10.6 Å². The summed E-state index contributed by atoms with van der Waals surface area (Å²) in [6.45, 7) is 3.69. The van der Waals surface area contributed by atoms with Gasteiger partial charge in [-0.15, -0.1) is 0 Å². The number of aryl methyl sites for hydroxylation is 1. The Kier molecular flexibility index (Phi) is 4.68. The quantitative estimate of drug-likeness (QED) is 0.899. The van der Waals surface area contributed by atoms with Crippen molar-refractivity contribution in [1.82, 2.24) is 10.2 Å². The molecule has 2 N–H and O–H groups in total. The molecule has 1 aromatic carbocycles. The van der Waals surface area contributed by atoms with Crippen molar-refractivity contribution >= 4 is 23.2 Å². The zero-order valence-electron chi connectivity index (χ0n) is 12.3. The third-order valence-corrected chi connectivity index (χ3v) is 4.39. The lowest BCUT2D eigenvalue weighted by Crippen LogP contribution is -2.59. The van der Waals surface area contributed by atoms with Crippen LogP contribution in [0.2, 0.25) is 5.02 Å². The largest absolute Gasteiger partial charge is 0.324 e. The summed E-state index contributed by atoms with van der Waals surface area (Å²) in [5.41, 5.74) is 1.37. The van der Waals surface area contributed by atoms with Crippen molar-refractivity contribution in [2.45, 2.75) is 25.3 Å². The minimum absolute atomic E-state index is 0.0503. The SMILES string of the molecule is Cc1ccc(Cl)cc1NC(=O)C1(N(C)C)CCNCC1. The first-order valence-corrected chi connectivity index (χ1v) is 7.29. The number of hydrogen-bond donors (Lipinski definition) is 2. The number of amides is 1. The second kappa shape index (κ2) is 6.12. The highest BCUT2D eigenvalue weighted by Gasteiger charge is 2.41. The zero-order valence-corrected chi connectivity index (χ0v) is 13.0. The number of rotatable bonds is 3. The van der Waals surface area contributed by atoms with Gasteiger partial charge >= 0.3 is 0 Å². The number of carbonyl (C=O) groups is 1. The first kappa shape index (κ1) is 15.3. The van der Waals surface area contributed by atoms with E-state index in [0.29, 0.717) is 5.02 Å². The predicted molar refractivity (Wildman–Crippen MR) is 83.3 cm³/mol. The Morgan fingerprint density at radius 2 is 2.00 bits per heavy atom. The van der Waals surface area contributed by atoms with Gasteiger partial charge in [0.05, 0.1) is 0 Å². The Labute approximate surface area is 125 Å². The second-order valence-corrected chi connectivity index (χ2v) is 6.03. The molecule has 0 radical (unpaired) electrons. The van der Waals surface area contributed by atoms with Crippen molar-refractivity contribution in [3.05, 3.63) is 28.8 Å². The maximum Gasteiger partial charge on any atom is 0.244 e. The Morgan fingerprint density at radius 1 is 1.35 bits per heavy atom. The molecule has 0 saturated carbocycles. The van der Waals surface area contributed by atoms with Gasteiger partial charge < -0.3 is 10.6 Å². The van der Waals surface area contributed by atoms with Gasteiger partial charge in [0.1, 0.15) is 5.54 Å². The number of likely N-dealkylation sites (N-methyl/N-ethyl adjacent to an activating group) is 1. The maximum absolute atomic E-state index is 12.8. The first-order valence-electron chi connectivity index (χ1n) is 6.91. The minimum atomic E-state index is -0.444. The average Bonchev–Trinajstić information content (AvgIpc) is 2.43. The van der Waals surface area contributed by atoms with Gasteiger partial charge in [0.2, 0.25) is 5.91 Å². The molecule has 20 heavy (non-hydrogen) atoms. The van der Waals surface area contributed by atoms with Gasteiger partial charge in [-0.25, -0.2) is 0 Å². The molecule has 1 fully saturated rings. The lowest BCUT2D eigenvalue weighted by atomic mass is 9.86. The lowest BCUT2D eigenvalue weighted by Gasteiger charge is -2.41. The van der Waals surface area contributed by atoms with Crippen LogP contribution in [0.5, 0.6) is 0 Å². The van der Waals surface area contributed by atoms with E-state index in [1.807, 2.05) is 38.1 Å². The van der Waals surface area contributed by atoms with E-state index in [1.54, 1.807) is 6.07 Å². The Hall–Kier alpha value is -1.10. The van der Waals surface area contributed by atoms with E-state index in [9.17, 15) is 4.79 Å². The van der Waals surface area contributed by atoms with Crippen LogP contribution in [-0.2, 0) is 4.79 Å². The third kappa shape index (κ3) is 2.97. The number of anilines is 1. The van der Waals surface area contributed by atoms with Crippen LogP contribution >= 0.6 is 11.6 Å². The van der Waals surface area contributed by atoms with Crippen molar-refractivity contribution in [2.75, 3.05) is 32.5 Å². The van der Waals surface area contributed by atoms with E-state index < -0.39 is 5.54 Å². The van der Waals surface area contributed by atoms with Crippen LogP contribution in [0.3, 0.4) is 0 Å². The molecule has 0 unspecified atom stereocenters. The van der Waals surface area contributed by atoms with E-state index in [4.69, 9.17) is 11.6 Å². The summed E-state index contributed by atoms with van der Waals surface area (Å²) < 4.78 is 0. The first-order chi connectivity index (χ1) is 9.45. The van der Waals surface area contributed by atoms with Crippen LogP contribution in [0.25, 0.3) is 0 Å². The highest BCUT2D eigenvalue weighted by molar-refractivity contribution is 6.31. The van der Waals surface area contributed by atoms with Gasteiger partial charge in [0, 0.05) is 10.7 Å². The molecule has 2 rings (SSSR count). The number of benzene rings is 1. The summed E-state index contributed by atoms with van der Waals surface area (Å²) in [4.78, 5) is 14.8. The lowest BCUT2D eigenvalue weighted by molar-refractivity contribution is -0.128. The number of piperidine rings is 1. The average molecular weight is 296 g/mol. The van der Waals surface area contributed by atoms with Crippen molar-refractivity contribution in [2.24, 2.45) is 0 Å². The van der Waals surface area contributed by atoms with Gasteiger partial charge in [-0.1, -0.05) is 17.7 Å². The van der Waals surface area contributed by atoms with Crippen LogP contribution in [0, 0.1) is 6.92 Å². The Bertz CT molecular complexity index is 496. The molecule has 0 aromatic heterocycles. The number of halogens is 1. The molecule has 1 amide bonds. The van der Waals surface area contributed by atoms with Gasteiger partial charge in [-0.2, -0.15) is 0 Å². The topological polar surface area (TPSA) is 44.4 Å². The molecule has 1 aromatic rings. The molecular formula is C15H22ClN3O. The zero-order chi connectivity index (χ0) is 14.8. The molecule has 1 aliphatic rings. The van der Waals surface area contributed by atoms with Crippen LogP contribution in [-0.4, -0.2) is 43.5 Å². The monoisotopic (exact) mass is 295 g/mol. The maximum atomic E-state index is 12.8. The van der Waals surface area contributed by atoms with Crippen molar-refractivity contribution in [3.8, 4) is 0 Å². The molecule has 110 valence electrons. The molecule has 0 bridgehead atoms. The van der Waals surface area contributed by atoms with Crippen LogP contribution in [0.1, 0.15) is 18.4 Å². The highest BCUT2D eigenvalue weighted by Crippen LogP contribution is 2.27. The standard InChI is InChI=1S/C15H22ClN3O/c1-11-4-5-12(16)10-13(11)18-14(20)15(19(2)3)6-8-17-9-7-15/h4-5,10,17H,6-9H2,1-3H3,(H,18,20). The molecule has 0 aliphatic carbocycles. The van der Waals surface area contributed by atoms with Gasteiger partial charge in [0.25, 0.3) is 0 Å². The molecule has 0 atom stereocenters. The minimum Gasteiger partial charge on any atom is -0.324 e. The molecule has 1 saturated heterocycles. The van der Waals surface area contributed by atoms with E-state index in [-0.39, 0.29) is 5.91 Å². The number of hydrogen-bond acceptors (Lipinski definition) is 3. The van der Waals surface area contributed by atoms with Crippen molar-refractivity contribution < 1.29 is 4.79 Å². The summed E-state index contributed by atoms with van der Waals surface area (Å²) in [6.07, 6.45) is 1.62. The highest BCUT2D eigenvalue weighted by atomic mass is 35.5. The smallest absolute Gasteiger partial charge is 0.244 e. The molecule has 4 nitrogen and oxygen atoms in total. The van der Waals surface area contributed by atoms with E-state index in [2.05, 4.69) is 10.6 Å². The molecule has 0 spiro atoms. The fourth-order valence-corrected chi connectivity index (χ4v) is 2.86. The molecule has 1 aliphatic heterocycles. The second-order valence-electron chi connectivity index (χ2n) is 5.59. The van der Waals surface area contributed by atoms with Crippen molar-refractivity contribution in [1.29, 1.82) is 0 Å². The number of nitrogens with one attached hydrogen (secondary N) is 2. The summed E-state index contributed by atoms with van der Waals surface area (Å²) >= 11 is 6.01. The summed E-state index contributed by atoms with van der Waals surface area (Å²) in [7, 11) is 3.94. The predicted octanol–water partition coefficient (Wildman–Crippen LogP) is 2.27. The van der Waals surface area contributed by atoms with Gasteiger partial charge in [-0.05, 0) is 64.6 Å². The Morgan fingerprint density at radius 3 is 2.60 bits per heavy atom. The van der Waals surface area contributed by atoms with Gasteiger partial charge in [-0.3, -0.25) is 9.69 Å². The normalized spacial score (nSPS) is 18.1.